The number of H-pyrrole nitrogens is 1. The SMILES string of the molecule is Cc1cccc(-n2c(SCc3nc4c(c(=O)[nH]3)C3(CCCCC3)Cc3ccccc3-4)nc3c(c2=O)C2(CCCCC2)Cc2ccccc2-3)c1. The van der Waals surface area contributed by atoms with Crippen molar-refractivity contribution in [3.05, 3.63) is 127 Å². The fourth-order valence-electron chi connectivity index (χ4n) is 9.70. The summed E-state index contributed by atoms with van der Waals surface area (Å²) in [4.78, 5) is 43.0. The van der Waals surface area contributed by atoms with Gasteiger partial charge in [0.2, 0.25) is 0 Å². The van der Waals surface area contributed by atoms with Crippen LogP contribution in [0.4, 0.5) is 0 Å². The van der Waals surface area contributed by atoms with Crippen LogP contribution in [0.1, 0.15) is 97.8 Å². The van der Waals surface area contributed by atoms with Crippen LogP contribution in [0, 0.1) is 6.92 Å². The van der Waals surface area contributed by atoms with Crippen molar-refractivity contribution in [1.82, 2.24) is 19.5 Å². The van der Waals surface area contributed by atoms with E-state index in [9.17, 15) is 4.79 Å². The van der Waals surface area contributed by atoms with E-state index in [2.05, 4.69) is 66.5 Å². The standard InChI is InChI=1S/C42H42N4O2S/c1-27-13-12-16-30(23-27)46-39(48)35-37(32-18-7-5-15-29(32)25-42(35)21-10-3-11-22-42)45-40(46)49-26-33-43-36-31-17-6-4-14-28(31)24-41(19-8-2-9-20-41)34(36)38(47)44-33/h4-7,12-18,23H,2-3,8-11,19-22,24-26H2,1H3,(H,43,44,47). The van der Waals surface area contributed by atoms with E-state index in [4.69, 9.17) is 9.97 Å². The number of hydrogen-bond acceptors (Lipinski definition) is 5. The lowest BCUT2D eigenvalue weighted by Crippen LogP contribution is -2.43. The van der Waals surface area contributed by atoms with Crippen molar-refractivity contribution in [1.29, 1.82) is 0 Å². The van der Waals surface area contributed by atoms with Gasteiger partial charge in [-0.05, 0) is 74.3 Å². The summed E-state index contributed by atoms with van der Waals surface area (Å²) in [7, 11) is 0. The summed E-state index contributed by atoms with van der Waals surface area (Å²) in [5.74, 6) is 1.00. The van der Waals surface area contributed by atoms with Crippen molar-refractivity contribution in [3.63, 3.8) is 0 Å². The molecule has 0 amide bonds. The smallest absolute Gasteiger partial charge is 0.263 e. The molecule has 0 unspecified atom stereocenters. The molecule has 2 fully saturated rings. The Labute approximate surface area is 291 Å². The van der Waals surface area contributed by atoms with Crippen molar-refractivity contribution >= 4 is 11.8 Å². The molecule has 4 aliphatic carbocycles. The van der Waals surface area contributed by atoms with Gasteiger partial charge in [0.05, 0.1) is 34.0 Å². The number of hydrogen-bond donors (Lipinski definition) is 1. The Morgan fingerprint density at radius 2 is 1.31 bits per heavy atom. The number of nitrogens with zero attached hydrogens (tertiary/aromatic N) is 3. The van der Waals surface area contributed by atoms with Gasteiger partial charge in [-0.1, -0.05) is 111 Å². The molecule has 4 aliphatic rings. The van der Waals surface area contributed by atoms with Crippen molar-refractivity contribution in [2.24, 2.45) is 0 Å². The quantitative estimate of drug-likeness (QED) is 0.153. The van der Waals surface area contributed by atoms with Gasteiger partial charge in [0.15, 0.2) is 5.16 Å². The van der Waals surface area contributed by atoms with E-state index >= 15 is 4.79 Å². The Morgan fingerprint density at radius 1 is 0.714 bits per heavy atom. The second-order valence-corrected chi connectivity index (χ2v) is 15.9. The fourth-order valence-corrected chi connectivity index (χ4v) is 10.6. The maximum atomic E-state index is 15.0. The summed E-state index contributed by atoms with van der Waals surface area (Å²) in [6.45, 7) is 2.06. The monoisotopic (exact) mass is 666 g/mol. The van der Waals surface area contributed by atoms with Crippen LogP contribution in [0.2, 0.25) is 0 Å². The van der Waals surface area contributed by atoms with E-state index in [0.717, 1.165) is 109 Å². The normalized spacial score (nSPS) is 18.4. The molecule has 2 spiro atoms. The number of benzene rings is 3. The topological polar surface area (TPSA) is 80.6 Å². The van der Waals surface area contributed by atoms with Gasteiger partial charge >= 0.3 is 0 Å². The third-order valence-corrected chi connectivity index (χ3v) is 12.9. The van der Waals surface area contributed by atoms with E-state index < -0.39 is 0 Å². The van der Waals surface area contributed by atoms with Gasteiger partial charge < -0.3 is 4.98 Å². The number of aromatic nitrogens is 4. The average Bonchev–Trinajstić information content (AvgIpc) is 3.11. The number of thioether (sulfide) groups is 1. The van der Waals surface area contributed by atoms with Gasteiger partial charge in [-0.2, -0.15) is 0 Å². The third kappa shape index (κ3) is 5.07. The first kappa shape index (κ1) is 30.8. The van der Waals surface area contributed by atoms with Gasteiger partial charge in [-0.25, -0.2) is 9.97 Å². The molecule has 2 aromatic heterocycles. The Morgan fingerprint density at radius 3 is 1.94 bits per heavy atom. The molecular weight excluding hydrogens is 625 g/mol. The zero-order valence-corrected chi connectivity index (χ0v) is 29.0. The van der Waals surface area contributed by atoms with E-state index in [0.29, 0.717) is 16.7 Å². The first-order valence-electron chi connectivity index (χ1n) is 18.1. The summed E-state index contributed by atoms with van der Waals surface area (Å²) in [6.07, 6.45) is 12.8. The van der Waals surface area contributed by atoms with Crippen LogP contribution in [0.25, 0.3) is 28.2 Å². The van der Waals surface area contributed by atoms with Crippen LogP contribution in [-0.4, -0.2) is 19.5 Å². The molecule has 6 nitrogen and oxygen atoms in total. The van der Waals surface area contributed by atoms with Crippen molar-refractivity contribution in [2.45, 2.75) is 106 Å². The molecule has 3 aromatic carbocycles. The van der Waals surface area contributed by atoms with Crippen LogP contribution in [0.3, 0.4) is 0 Å². The summed E-state index contributed by atoms with van der Waals surface area (Å²) >= 11 is 1.48. The van der Waals surface area contributed by atoms with Crippen molar-refractivity contribution in [2.75, 3.05) is 0 Å². The Hall–Kier alpha value is -4.23. The summed E-state index contributed by atoms with van der Waals surface area (Å²) < 4.78 is 1.84. The largest absolute Gasteiger partial charge is 0.310 e. The second-order valence-electron chi connectivity index (χ2n) is 15.0. The minimum atomic E-state index is -0.200. The highest BCUT2D eigenvalue weighted by Crippen LogP contribution is 2.50. The molecule has 5 aromatic rings. The molecular formula is C42H42N4O2S. The highest BCUT2D eigenvalue weighted by molar-refractivity contribution is 7.98. The number of aryl methyl sites for hydroxylation is 1. The number of fused-ring (bicyclic) bond motifs is 8. The molecule has 248 valence electrons. The molecule has 0 aliphatic heterocycles. The third-order valence-electron chi connectivity index (χ3n) is 11.9. The first-order chi connectivity index (χ1) is 23.9. The lowest BCUT2D eigenvalue weighted by atomic mass is 9.62. The first-order valence-corrected chi connectivity index (χ1v) is 19.1. The average molecular weight is 667 g/mol. The van der Waals surface area contributed by atoms with Crippen molar-refractivity contribution in [3.8, 4) is 28.2 Å². The van der Waals surface area contributed by atoms with Gasteiger partial charge in [0.1, 0.15) is 5.82 Å². The van der Waals surface area contributed by atoms with Crippen molar-refractivity contribution < 1.29 is 0 Å². The van der Waals surface area contributed by atoms with Crippen LogP contribution < -0.4 is 11.1 Å². The van der Waals surface area contributed by atoms with Crippen LogP contribution in [-0.2, 0) is 29.4 Å². The van der Waals surface area contributed by atoms with Gasteiger partial charge in [0, 0.05) is 22.0 Å². The molecule has 9 rings (SSSR count). The molecule has 7 heteroatoms. The predicted octanol–water partition coefficient (Wildman–Crippen LogP) is 8.77. The summed E-state index contributed by atoms with van der Waals surface area (Å²) in [6, 6.07) is 25.1. The van der Waals surface area contributed by atoms with E-state index in [-0.39, 0.29) is 21.9 Å². The Kier molecular flexibility index (Phi) is 7.53. The van der Waals surface area contributed by atoms with E-state index in [1.807, 2.05) is 22.8 Å². The fraction of sp³-hybridized carbons (Fsp3) is 0.381. The van der Waals surface area contributed by atoms with Crippen LogP contribution >= 0.6 is 11.8 Å². The van der Waals surface area contributed by atoms with Crippen LogP contribution in [0.15, 0.2) is 87.5 Å². The molecule has 49 heavy (non-hydrogen) atoms. The molecule has 2 saturated carbocycles. The zero-order valence-electron chi connectivity index (χ0n) is 28.2. The maximum absolute atomic E-state index is 15.0. The Balaban J connectivity index is 1.19. The minimum absolute atomic E-state index is 0.0142. The number of nitrogens with one attached hydrogen (secondary N) is 1. The highest BCUT2D eigenvalue weighted by Gasteiger charge is 2.45. The second kappa shape index (κ2) is 12.0. The highest BCUT2D eigenvalue weighted by atomic mass is 32.2. The number of aromatic amines is 1. The van der Waals surface area contributed by atoms with Gasteiger partial charge in [-0.3, -0.25) is 14.2 Å². The lowest BCUT2D eigenvalue weighted by Gasteiger charge is -2.42. The molecule has 0 bridgehead atoms. The summed E-state index contributed by atoms with van der Waals surface area (Å²) in [5, 5.41) is 0.626. The molecule has 1 N–H and O–H groups in total. The zero-order chi connectivity index (χ0) is 33.2. The van der Waals surface area contributed by atoms with Gasteiger partial charge in [-0.15, -0.1) is 0 Å². The molecule has 2 heterocycles. The molecule has 0 atom stereocenters. The maximum Gasteiger partial charge on any atom is 0.263 e. The lowest BCUT2D eigenvalue weighted by molar-refractivity contribution is 0.283. The van der Waals surface area contributed by atoms with E-state index in [1.54, 1.807) is 0 Å². The minimum Gasteiger partial charge on any atom is -0.310 e. The summed E-state index contributed by atoms with van der Waals surface area (Å²) in [5.41, 5.74) is 9.72. The predicted molar refractivity (Wildman–Crippen MR) is 197 cm³/mol. The van der Waals surface area contributed by atoms with E-state index in [1.165, 1.54) is 35.7 Å². The van der Waals surface area contributed by atoms with Crippen LogP contribution in [0.5, 0.6) is 0 Å². The Bertz CT molecular complexity index is 2220. The molecule has 0 saturated heterocycles. The number of rotatable bonds is 4. The molecule has 0 radical (unpaired) electrons. The van der Waals surface area contributed by atoms with Gasteiger partial charge in [0.25, 0.3) is 11.1 Å².